The number of amides is 1. The highest BCUT2D eigenvalue weighted by atomic mass is 32.1. The molecular formula is C15H20N6O2S. The summed E-state index contributed by atoms with van der Waals surface area (Å²) in [4.78, 5) is 18.3. The zero-order valence-corrected chi connectivity index (χ0v) is 14.3. The standard InChI is InChI=1S/C15H20N6O2S/c1-10(22)21(12-2-3-12)15-18-11(9-24-15)6-16-13-7-23-8-14(13)20-5-4-17-19-20/h4-5,9,12-14,16H,2-3,6-8H2,1H3/t13-,14+/m0/s1. The van der Waals surface area contributed by atoms with Crippen LogP contribution >= 0.6 is 11.3 Å². The molecule has 1 N–H and O–H groups in total. The number of anilines is 1. The van der Waals surface area contributed by atoms with Crippen molar-refractivity contribution in [1.29, 1.82) is 0 Å². The molecule has 0 spiro atoms. The minimum absolute atomic E-state index is 0.0711. The van der Waals surface area contributed by atoms with Gasteiger partial charge in [-0.3, -0.25) is 9.69 Å². The van der Waals surface area contributed by atoms with Crippen molar-refractivity contribution in [2.24, 2.45) is 0 Å². The highest BCUT2D eigenvalue weighted by Gasteiger charge is 2.34. The van der Waals surface area contributed by atoms with Crippen LogP contribution in [0.25, 0.3) is 0 Å². The first-order chi connectivity index (χ1) is 11.7. The third kappa shape index (κ3) is 3.19. The van der Waals surface area contributed by atoms with Gasteiger partial charge in [0.25, 0.3) is 0 Å². The Balaban J connectivity index is 1.38. The molecule has 2 fully saturated rings. The minimum atomic E-state index is 0.0711. The average Bonchev–Trinajstić information content (AvgIpc) is 3.01. The molecule has 1 saturated heterocycles. The SMILES string of the molecule is CC(=O)N(c1nc(CN[C@H]2COC[C@H]2n2ccnn2)cs1)C1CC1. The lowest BCUT2D eigenvalue weighted by atomic mass is 10.2. The fraction of sp³-hybridized carbons (Fsp3) is 0.600. The monoisotopic (exact) mass is 348 g/mol. The first-order valence-corrected chi connectivity index (χ1v) is 9.01. The highest BCUT2D eigenvalue weighted by Crippen LogP contribution is 2.33. The quantitative estimate of drug-likeness (QED) is 0.838. The second kappa shape index (κ2) is 6.58. The lowest BCUT2D eigenvalue weighted by Gasteiger charge is -2.18. The van der Waals surface area contributed by atoms with Crippen LogP contribution in [0.1, 0.15) is 31.5 Å². The summed E-state index contributed by atoms with van der Waals surface area (Å²) in [6.07, 6.45) is 5.68. The third-order valence-electron chi connectivity index (χ3n) is 4.37. The summed E-state index contributed by atoms with van der Waals surface area (Å²) in [5, 5.41) is 14.2. The van der Waals surface area contributed by atoms with Gasteiger partial charge in [-0.25, -0.2) is 9.67 Å². The van der Waals surface area contributed by atoms with Crippen LogP contribution in [0.4, 0.5) is 5.13 Å². The Morgan fingerprint density at radius 2 is 2.38 bits per heavy atom. The van der Waals surface area contributed by atoms with Gasteiger partial charge in [-0.2, -0.15) is 0 Å². The molecule has 1 saturated carbocycles. The van der Waals surface area contributed by atoms with Crippen molar-refractivity contribution < 1.29 is 9.53 Å². The fourth-order valence-corrected chi connectivity index (χ4v) is 3.94. The van der Waals surface area contributed by atoms with Crippen LogP contribution < -0.4 is 10.2 Å². The maximum Gasteiger partial charge on any atom is 0.225 e. The summed E-state index contributed by atoms with van der Waals surface area (Å²) >= 11 is 1.53. The zero-order valence-electron chi connectivity index (χ0n) is 13.5. The van der Waals surface area contributed by atoms with Crippen molar-refractivity contribution in [3.63, 3.8) is 0 Å². The average molecular weight is 348 g/mol. The van der Waals surface area contributed by atoms with Crippen LogP contribution in [-0.4, -0.2) is 51.2 Å². The Labute approximate surface area is 143 Å². The van der Waals surface area contributed by atoms with Crippen molar-refractivity contribution in [3.05, 3.63) is 23.5 Å². The second-order valence-corrected chi connectivity index (χ2v) is 7.05. The molecule has 4 rings (SSSR count). The van der Waals surface area contributed by atoms with Crippen molar-refractivity contribution in [1.82, 2.24) is 25.3 Å². The van der Waals surface area contributed by atoms with Crippen LogP contribution in [0.3, 0.4) is 0 Å². The molecule has 0 bridgehead atoms. The largest absolute Gasteiger partial charge is 0.377 e. The normalized spacial score (nSPS) is 23.5. The first kappa shape index (κ1) is 15.7. The second-order valence-electron chi connectivity index (χ2n) is 6.22. The Bertz CT molecular complexity index is 699. The number of nitrogens with one attached hydrogen (secondary N) is 1. The molecule has 3 heterocycles. The molecule has 2 aliphatic rings. The van der Waals surface area contributed by atoms with Gasteiger partial charge in [-0.1, -0.05) is 5.21 Å². The molecular weight excluding hydrogens is 328 g/mol. The van der Waals surface area contributed by atoms with Gasteiger partial charge in [0.1, 0.15) is 0 Å². The molecule has 0 unspecified atom stereocenters. The van der Waals surface area contributed by atoms with Crippen LogP contribution in [0.2, 0.25) is 0 Å². The van der Waals surface area contributed by atoms with Gasteiger partial charge in [0.05, 0.1) is 37.2 Å². The van der Waals surface area contributed by atoms with E-state index in [4.69, 9.17) is 4.74 Å². The maximum absolute atomic E-state index is 11.8. The van der Waals surface area contributed by atoms with E-state index in [9.17, 15) is 4.79 Å². The Morgan fingerprint density at radius 1 is 1.50 bits per heavy atom. The van der Waals surface area contributed by atoms with E-state index in [0.29, 0.717) is 25.8 Å². The molecule has 2 aromatic heterocycles. The van der Waals surface area contributed by atoms with E-state index in [1.54, 1.807) is 13.1 Å². The molecule has 2 aromatic rings. The van der Waals surface area contributed by atoms with Crippen molar-refractivity contribution in [3.8, 4) is 0 Å². The Hall–Kier alpha value is -1.84. The topological polar surface area (TPSA) is 85.2 Å². The fourth-order valence-electron chi connectivity index (χ4n) is 3.00. The number of carbonyl (C=O) groups is 1. The summed E-state index contributed by atoms with van der Waals surface area (Å²) in [6, 6.07) is 0.657. The number of hydrogen-bond donors (Lipinski definition) is 1. The molecule has 0 radical (unpaired) electrons. The molecule has 1 aliphatic carbocycles. The van der Waals surface area contributed by atoms with Gasteiger partial charge in [-0.05, 0) is 12.8 Å². The number of thiazole rings is 1. The van der Waals surface area contributed by atoms with E-state index in [0.717, 1.165) is 23.7 Å². The molecule has 8 nitrogen and oxygen atoms in total. The lowest BCUT2D eigenvalue weighted by Crippen LogP contribution is -2.37. The summed E-state index contributed by atoms with van der Waals surface area (Å²) in [5.74, 6) is 0.0711. The van der Waals surface area contributed by atoms with E-state index >= 15 is 0 Å². The lowest BCUT2D eigenvalue weighted by molar-refractivity contribution is -0.116. The van der Waals surface area contributed by atoms with Gasteiger partial charge in [0.2, 0.25) is 5.91 Å². The van der Waals surface area contributed by atoms with Crippen molar-refractivity contribution >= 4 is 22.4 Å². The van der Waals surface area contributed by atoms with E-state index < -0.39 is 0 Å². The molecule has 0 aromatic carbocycles. The van der Waals surface area contributed by atoms with Crippen LogP contribution in [0.15, 0.2) is 17.8 Å². The third-order valence-corrected chi connectivity index (χ3v) is 5.26. The summed E-state index contributed by atoms with van der Waals surface area (Å²) in [6.45, 7) is 3.52. The summed E-state index contributed by atoms with van der Waals surface area (Å²) in [5.41, 5.74) is 0.950. The van der Waals surface area contributed by atoms with E-state index in [2.05, 4.69) is 20.6 Å². The molecule has 1 amide bonds. The van der Waals surface area contributed by atoms with Gasteiger partial charge in [-0.15, -0.1) is 16.4 Å². The number of ether oxygens (including phenoxy) is 1. The van der Waals surface area contributed by atoms with Crippen molar-refractivity contribution in [2.75, 3.05) is 18.1 Å². The predicted octanol–water partition coefficient (Wildman–Crippen LogP) is 0.980. The first-order valence-electron chi connectivity index (χ1n) is 8.13. The minimum Gasteiger partial charge on any atom is -0.377 e. The van der Waals surface area contributed by atoms with E-state index in [-0.39, 0.29) is 18.0 Å². The molecule has 1 aliphatic heterocycles. The number of hydrogen-bond acceptors (Lipinski definition) is 7. The number of aromatic nitrogens is 4. The van der Waals surface area contributed by atoms with Gasteiger partial charge >= 0.3 is 0 Å². The molecule has 9 heteroatoms. The van der Waals surface area contributed by atoms with Crippen LogP contribution in [0.5, 0.6) is 0 Å². The summed E-state index contributed by atoms with van der Waals surface area (Å²) < 4.78 is 7.41. The highest BCUT2D eigenvalue weighted by molar-refractivity contribution is 7.14. The molecule has 2 atom stereocenters. The predicted molar refractivity (Wildman–Crippen MR) is 88.8 cm³/mol. The summed E-state index contributed by atoms with van der Waals surface area (Å²) in [7, 11) is 0. The van der Waals surface area contributed by atoms with Crippen LogP contribution in [0, 0.1) is 0 Å². The Morgan fingerprint density at radius 3 is 3.08 bits per heavy atom. The smallest absolute Gasteiger partial charge is 0.225 e. The van der Waals surface area contributed by atoms with Gasteiger partial charge < -0.3 is 10.1 Å². The number of carbonyl (C=O) groups excluding carboxylic acids is 1. The Kier molecular flexibility index (Phi) is 4.30. The van der Waals surface area contributed by atoms with E-state index in [1.165, 1.54) is 11.3 Å². The molecule has 24 heavy (non-hydrogen) atoms. The van der Waals surface area contributed by atoms with Gasteiger partial charge in [0.15, 0.2) is 5.13 Å². The number of rotatable bonds is 6. The number of nitrogens with zero attached hydrogens (tertiary/aromatic N) is 5. The zero-order chi connectivity index (χ0) is 16.5. The van der Waals surface area contributed by atoms with Gasteiger partial charge in [0, 0.05) is 31.1 Å². The van der Waals surface area contributed by atoms with Crippen LogP contribution in [-0.2, 0) is 16.1 Å². The van der Waals surface area contributed by atoms with E-state index in [1.807, 2.05) is 21.2 Å². The maximum atomic E-state index is 11.8. The molecule has 128 valence electrons. The van der Waals surface area contributed by atoms with Crippen molar-refractivity contribution in [2.45, 2.75) is 44.4 Å².